The highest BCUT2D eigenvalue weighted by molar-refractivity contribution is 5.77. The van der Waals surface area contributed by atoms with Crippen molar-refractivity contribution in [3.8, 4) is 0 Å². The second-order valence-corrected chi connectivity index (χ2v) is 4.92. The second-order valence-electron chi connectivity index (χ2n) is 4.92. The maximum absolute atomic E-state index is 12.0. The molecule has 1 unspecified atom stereocenters. The summed E-state index contributed by atoms with van der Waals surface area (Å²) in [4.78, 5) is 23.9. The average molecular weight is 263 g/mol. The summed E-state index contributed by atoms with van der Waals surface area (Å²) in [6, 6.07) is 8.01. The molecule has 0 bridgehead atoms. The minimum Gasteiger partial charge on any atom is -0.481 e. The third kappa shape index (κ3) is 4.73. The Kier molecular flexibility index (Phi) is 5.55. The Hall–Kier alpha value is -1.84. The summed E-state index contributed by atoms with van der Waals surface area (Å²) in [5, 5.41) is 8.60. The lowest BCUT2D eigenvalue weighted by Gasteiger charge is -2.20. The van der Waals surface area contributed by atoms with Crippen LogP contribution >= 0.6 is 0 Å². The third-order valence-corrected chi connectivity index (χ3v) is 3.29. The molecule has 0 aromatic heterocycles. The number of carboxylic acid groups (broad SMARTS) is 1. The van der Waals surface area contributed by atoms with E-state index in [9.17, 15) is 9.59 Å². The summed E-state index contributed by atoms with van der Waals surface area (Å²) in [7, 11) is 1.65. The van der Waals surface area contributed by atoms with E-state index in [4.69, 9.17) is 5.11 Å². The number of amides is 1. The summed E-state index contributed by atoms with van der Waals surface area (Å²) in [6.45, 7) is 4.31. The molecule has 4 nitrogen and oxygen atoms in total. The number of carbonyl (C=O) groups is 2. The summed E-state index contributed by atoms with van der Waals surface area (Å²) in [6.07, 6.45) is 0.391. The van der Waals surface area contributed by atoms with Gasteiger partial charge in [0.25, 0.3) is 0 Å². The van der Waals surface area contributed by atoms with Crippen LogP contribution in [0.2, 0.25) is 0 Å². The van der Waals surface area contributed by atoms with Gasteiger partial charge in [0.2, 0.25) is 5.91 Å². The van der Waals surface area contributed by atoms with Crippen LogP contribution in [0.25, 0.3) is 0 Å². The van der Waals surface area contributed by atoms with Gasteiger partial charge in [-0.3, -0.25) is 9.59 Å². The number of rotatable bonds is 6. The Labute approximate surface area is 114 Å². The van der Waals surface area contributed by atoms with E-state index >= 15 is 0 Å². The van der Waals surface area contributed by atoms with Crippen LogP contribution in [0.5, 0.6) is 0 Å². The summed E-state index contributed by atoms with van der Waals surface area (Å²) in [5.41, 5.74) is 2.35. The van der Waals surface area contributed by atoms with Gasteiger partial charge in [-0.25, -0.2) is 0 Å². The molecule has 1 aromatic rings. The first-order valence-electron chi connectivity index (χ1n) is 6.43. The van der Waals surface area contributed by atoms with Gasteiger partial charge in [0.05, 0.1) is 6.42 Å². The zero-order chi connectivity index (χ0) is 14.4. The van der Waals surface area contributed by atoms with Gasteiger partial charge in [-0.1, -0.05) is 31.2 Å². The van der Waals surface area contributed by atoms with Crippen molar-refractivity contribution in [3.63, 3.8) is 0 Å². The van der Waals surface area contributed by atoms with Gasteiger partial charge in [0.15, 0.2) is 0 Å². The molecule has 0 saturated carbocycles. The molecule has 1 atom stereocenters. The topological polar surface area (TPSA) is 57.6 Å². The van der Waals surface area contributed by atoms with Crippen LogP contribution in [0, 0.1) is 6.92 Å². The van der Waals surface area contributed by atoms with E-state index in [1.807, 2.05) is 38.1 Å². The summed E-state index contributed by atoms with van der Waals surface area (Å²) < 4.78 is 0. The SMILES string of the molecule is Cc1ccccc1C(C)CC(=O)N(C)CCC(=O)O. The maximum atomic E-state index is 12.0. The zero-order valence-electron chi connectivity index (χ0n) is 11.7. The Morgan fingerprint density at radius 2 is 1.95 bits per heavy atom. The van der Waals surface area contributed by atoms with E-state index in [1.54, 1.807) is 7.05 Å². The molecule has 0 aliphatic carbocycles. The van der Waals surface area contributed by atoms with Crippen LogP contribution in [0.1, 0.15) is 36.8 Å². The van der Waals surface area contributed by atoms with E-state index in [1.165, 1.54) is 16.0 Å². The number of aryl methyl sites for hydroxylation is 1. The first-order chi connectivity index (χ1) is 8.91. The normalized spacial score (nSPS) is 11.9. The second kappa shape index (κ2) is 6.92. The molecule has 1 aromatic carbocycles. The van der Waals surface area contributed by atoms with Gasteiger partial charge >= 0.3 is 5.97 Å². The Balaban J connectivity index is 2.57. The largest absolute Gasteiger partial charge is 0.481 e. The summed E-state index contributed by atoms with van der Waals surface area (Å²) >= 11 is 0. The van der Waals surface area contributed by atoms with E-state index in [0.717, 1.165) is 0 Å². The number of hydrogen-bond donors (Lipinski definition) is 1. The molecule has 0 aliphatic heterocycles. The summed E-state index contributed by atoms with van der Waals surface area (Å²) in [5.74, 6) is -0.760. The highest BCUT2D eigenvalue weighted by Gasteiger charge is 2.16. The molecular weight excluding hydrogens is 242 g/mol. The monoisotopic (exact) mass is 263 g/mol. The molecule has 0 saturated heterocycles. The van der Waals surface area contributed by atoms with E-state index in [2.05, 4.69) is 0 Å². The van der Waals surface area contributed by atoms with Gasteiger partial charge in [-0.15, -0.1) is 0 Å². The molecule has 1 rings (SSSR count). The lowest BCUT2D eigenvalue weighted by atomic mass is 9.93. The Bertz CT molecular complexity index is 456. The molecule has 0 aliphatic rings. The quantitative estimate of drug-likeness (QED) is 0.857. The molecule has 4 heteroatoms. The Morgan fingerprint density at radius 1 is 1.32 bits per heavy atom. The van der Waals surface area contributed by atoms with Crippen LogP contribution in [0.15, 0.2) is 24.3 Å². The molecule has 0 radical (unpaired) electrons. The van der Waals surface area contributed by atoms with Crippen molar-refractivity contribution in [3.05, 3.63) is 35.4 Å². The molecule has 1 N–H and O–H groups in total. The van der Waals surface area contributed by atoms with Crippen molar-refractivity contribution < 1.29 is 14.7 Å². The number of nitrogens with zero attached hydrogens (tertiary/aromatic N) is 1. The molecule has 0 fully saturated rings. The standard InChI is InChI=1S/C15H21NO3/c1-11-6-4-5-7-13(11)12(2)10-14(17)16(3)9-8-15(18)19/h4-7,12H,8-10H2,1-3H3,(H,18,19). The number of carbonyl (C=O) groups excluding carboxylic acids is 1. The Morgan fingerprint density at radius 3 is 2.53 bits per heavy atom. The van der Waals surface area contributed by atoms with E-state index < -0.39 is 5.97 Å². The van der Waals surface area contributed by atoms with Crippen LogP contribution in [0.4, 0.5) is 0 Å². The van der Waals surface area contributed by atoms with Gasteiger partial charge in [-0.05, 0) is 24.0 Å². The van der Waals surface area contributed by atoms with Crippen molar-refractivity contribution in [2.24, 2.45) is 0 Å². The lowest BCUT2D eigenvalue weighted by Crippen LogP contribution is -2.29. The number of carboxylic acids is 1. The van der Waals surface area contributed by atoms with Gasteiger partial charge in [0.1, 0.15) is 0 Å². The highest BCUT2D eigenvalue weighted by atomic mass is 16.4. The highest BCUT2D eigenvalue weighted by Crippen LogP contribution is 2.22. The van der Waals surface area contributed by atoms with Gasteiger partial charge in [-0.2, -0.15) is 0 Å². The first-order valence-corrected chi connectivity index (χ1v) is 6.43. The fourth-order valence-electron chi connectivity index (χ4n) is 2.06. The maximum Gasteiger partial charge on any atom is 0.305 e. The molecule has 104 valence electrons. The van der Waals surface area contributed by atoms with Crippen LogP contribution in [-0.4, -0.2) is 35.5 Å². The minimum atomic E-state index is -0.883. The third-order valence-electron chi connectivity index (χ3n) is 3.29. The zero-order valence-corrected chi connectivity index (χ0v) is 11.7. The van der Waals surface area contributed by atoms with Gasteiger partial charge < -0.3 is 10.0 Å². The molecular formula is C15H21NO3. The molecule has 0 heterocycles. The van der Waals surface area contributed by atoms with Crippen molar-refractivity contribution in [2.45, 2.75) is 32.6 Å². The number of aliphatic carboxylic acids is 1. The van der Waals surface area contributed by atoms with Gasteiger partial charge in [0, 0.05) is 20.0 Å². The fourth-order valence-corrected chi connectivity index (χ4v) is 2.06. The van der Waals surface area contributed by atoms with Crippen LogP contribution < -0.4 is 0 Å². The number of benzene rings is 1. The van der Waals surface area contributed by atoms with Crippen molar-refractivity contribution in [1.82, 2.24) is 4.90 Å². The fraction of sp³-hybridized carbons (Fsp3) is 0.467. The van der Waals surface area contributed by atoms with E-state index in [0.29, 0.717) is 6.42 Å². The van der Waals surface area contributed by atoms with Crippen molar-refractivity contribution in [1.29, 1.82) is 0 Å². The molecule has 1 amide bonds. The smallest absolute Gasteiger partial charge is 0.305 e. The predicted octanol–water partition coefficient (Wildman–Crippen LogP) is 2.42. The first kappa shape index (κ1) is 15.2. The molecule has 0 spiro atoms. The van der Waals surface area contributed by atoms with E-state index in [-0.39, 0.29) is 24.8 Å². The predicted molar refractivity (Wildman–Crippen MR) is 74.1 cm³/mol. The lowest BCUT2D eigenvalue weighted by molar-refractivity contribution is -0.138. The average Bonchev–Trinajstić information content (AvgIpc) is 2.36. The molecule has 19 heavy (non-hydrogen) atoms. The minimum absolute atomic E-state index is 0.0129. The van der Waals surface area contributed by atoms with Crippen LogP contribution in [0.3, 0.4) is 0 Å². The number of hydrogen-bond acceptors (Lipinski definition) is 2. The van der Waals surface area contributed by atoms with Crippen molar-refractivity contribution in [2.75, 3.05) is 13.6 Å². The van der Waals surface area contributed by atoms with Crippen LogP contribution in [-0.2, 0) is 9.59 Å². The van der Waals surface area contributed by atoms with Crippen molar-refractivity contribution >= 4 is 11.9 Å².